The molecule has 0 heterocycles. The van der Waals surface area contributed by atoms with Gasteiger partial charge in [-0.05, 0) is 17.7 Å². The van der Waals surface area contributed by atoms with E-state index in [9.17, 15) is 8.78 Å². The average molecular weight is 273 g/mol. The summed E-state index contributed by atoms with van der Waals surface area (Å²) in [5.74, 6) is -1.61. The Hall–Kier alpha value is -2.45. The second-order valence-corrected chi connectivity index (χ2v) is 4.32. The molecule has 0 saturated heterocycles. The molecular formula is C15H13F2N3. The third kappa shape index (κ3) is 3.11. The van der Waals surface area contributed by atoms with E-state index in [1.54, 1.807) is 6.07 Å². The first-order valence-electron chi connectivity index (χ1n) is 6.05. The van der Waals surface area contributed by atoms with E-state index >= 15 is 0 Å². The van der Waals surface area contributed by atoms with Crippen molar-refractivity contribution in [2.24, 2.45) is 5.73 Å². The third-order valence-electron chi connectivity index (χ3n) is 2.90. The summed E-state index contributed by atoms with van der Waals surface area (Å²) in [4.78, 5) is 0. The van der Waals surface area contributed by atoms with Crippen molar-refractivity contribution in [3.63, 3.8) is 0 Å². The van der Waals surface area contributed by atoms with Gasteiger partial charge in [0.15, 0.2) is 11.6 Å². The molecule has 20 heavy (non-hydrogen) atoms. The van der Waals surface area contributed by atoms with Gasteiger partial charge in [-0.1, -0.05) is 30.3 Å². The fourth-order valence-corrected chi connectivity index (χ4v) is 1.84. The molecule has 0 bridgehead atoms. The molecule has 0 amide bonds. The zero-order valence-corrected chi connectivity index (χ0v) is 10.6. The van der Waals surface area contributed by atoms with Crippen LogP contribution in [0, 0.1) is 23.0 Å². The lowest BCUT2D eigenvalue weighted by atomic mass is 10.1. The molecule has 0 saturated carbocycles. The smallest absolute Gasteiger partial charge is 0.150 e. The summed E-state index contributed by atoms with van der Waals surface area (Å²) in [5, 5.41) is 11.3. The fourth-order valence-electron chi connectivity index (χ4n) is 1.84. The predicted octanol–water partition coefficient (Wildman–Crippen LogP) is 2.95. The fraction of sp³-hybridized carbons (Fsp3) is 0.133. The van der Waals surface area contributed by atoms with Gasteiger partial charge in [0.05, 0.1) is 11.6 Å². The minimum absolute atomic E-state index is 0.0575. The number of nitrogens with one attached hydrogen (secondary N) is 1. The summed E-state index contributed by atoms with van der Waals surface area (Å²) in [7, 11) is 0. The molecule has 0 aromatic heterocycles. The number of hydrogen-bond donors (Lipinski definition) is 2. The molecule has 2 aromatic rings. The Kier molecular flexibility index (Phi) is 4.28. The van der Waals surface area contributed by atoms with Crippen LogP contribution in [0.15, 0.2) is 42.5 Å². The highest BCUT2D eigenvalue weighted by molar-refractivity contribution is 5.50. The number of nitriles is 1. The van der Waals surface area contributed by atoms with Crippen molar-refractivity contribution >= 4 is 5.69 Å². The third-order valence-corrected chi connectivity index (χ3v) is 2.90. The number of halogens is 2. The van der Waals surface area contributed by atoms with Crippen LogP contribution in [0.5, 0.6) is 0 Å². The topological polar surface area (TPSA) is 61.8 Å². The normalized spacial score (nSPS) is 11.7. The SMILES string of the molecule is N#Cc1cc(F)c(NCC(N)c2ccccc2)c(F)c1. The average Bonchev–Trinajstić information content (AvgIpc) is 2.46. The first-order chi connectivity index (χ1) is 9.61. The van der Waals surface area contributed by atoms with Gasteiger partial charge in [-0.3, -0.25) is 0 Å². The highest BCUT2D eigenvalue weighted by Gasteiger charge is 2.13. The molecule has 0 aliphatic heterocycles. The second-order valence-electron chi connectivity index (χ2n) is 4.32. The van der Waals surface area contributed by atoms with Gasteiger partial charge < -0.3 is 11.1 Å². The first kappa shape index (κ1) is 14.0. The Morgan fingerprint density at radius 1 is 1.15 bits per heavy atom. The Balaban J connectivity index is 2.10. The van der Waals surface area contributed by atoms with E-state index in [4.69, 9.17) is 11.0 Å². The van der Waals surface area contributed by atoms with Crippen LogP contribution >= 0.6 is 0 Å². The molecule has 3 N–H and O–H groups in total. The molecule has 5 heteroatoms. The van der Waals surface area contributed by atoms with Crippen molar-refractivity contribution in [1.29, 1.82) is 5.26 Å². The molecule has 1 unspecified atom stereocenters. The number of hydrogen-bond acceptors (Lipinski definition) is 3. The van der Waals surface area contributed by atoms with Crippen molar-refractivity contribution in [2.45, 2.75) is 6.04 Å². The summed E-state index contributed by atoms with van der Waals surface area (Å²) in [6.45, 7) is 0.184. The van der Waals surface area contributed by atoms with Crippen molar-refractivity contribution in [3.8, 4) is 6.07 Å². The summed E-state index contributed by atoms with van der Waals surface area (Å²) in [6, 6.07) is 12.5. The minimum atomic E-state index is -0.804. The Labute approximate surface area is 115 Å². The molecule has 1 atom stereocenters. The van der Waals surface area contributed by atoms with Gasteiger partial charge in [0.2, 0.25) is 0 Å². The Bertz CT molecular complexity index is 612. The summed E-state index contributed by atoms with van der Waals surface area (Å²) < 4.78 is 27.3. The summed E-state index contributed by atoms with van der Waals surface area (Å²) in [5.41, 5.74) is 6.48. The maximum absolute atomic E-state index is 13.7. The van der Waals surface area contributed by atoms with Gasteiger partial charge in [0.1, 0.15) is 5.69 Å². The van der Waals surface area contributed by atoms with Crippen LogP contribution in [-0.2, 0) is 0 Å². The van der Waals surface area contributed by atoms with Gasteiger partial charge in [-0.2, -0.15) is 5.26 Å². The van der Waals surface area contributed by atoms with Crippen molar-refractivity contribution < 1.29 is 8.78 Å². The van der Waals surface area contributed by atoms with E-state index in [0.29, 0.717) is 0 Å². The van der Waals surface area contributed by atoms with Gasteiger partial charge in [-0.25, -0.2) is 8.78 Å². The van der Waals surface area contributed by atoms with E-state index in [1.807, 2.05) is 30.3 Å². The van der Waals surface area contributed by atoms with Gasteiger partial charge in [-0.15, -0.1) is 0 Å². The van der Waals surface area contributed by atoms with Gasteiger partial charge >= 0.3 is 0 Å². The standard InChI is InChI=1S/C15H13F2N3/c16-12-6-10(8-18)7-13(17)15(12)20-9-14(19)11-4-2-1-3-5-11/h1-7,14,20H,9,19H2. The predicted molar refractivity (Wildman–Crippen MR) is 72.9 cm³/mol. The first-order valence-corrected chi connectivity index (χ1v) is 6.05. The minimum Gasteiger partial charge on any atom is -0.378 e. The number of rotatable bonds is 4. The zero-order valence-electron chi connectivity index (χ0n) is 10.6. The number of benzene rings is 2. The molecule has 0 fully saturated rings. The molecule has 0 aliphatic carbocycles. The molecule has 3 nitrogen and oxygen atoms in total. The second kappa shape index (κ2) is 6.13. The number of nitrogens with zero attached hydrogens (tertiary/aromatic N) is 1. The summed E-state index contributed by atoms with van der Waals surface area (Å²) >= 11 is 0. The van der Waals surface area contributed by atoms with Crippen molar-refractivity contribution in [3.05, 3.63) is 65.2 Å². The van der Waals surface area contributed by atoms with E-state index in [2.05, 4.69) is 5.32 Å². The monoisotopic (exact) mass is 273 g/mol. The zero-order chi connectivity index (χ0) is 14.5. The van der Waals surface area contributed by atoms with Crippen molar-refractivity contribution in [2.75, 3.05) is 11.9 Å². The molecule has 2 rings (SSSR count). The van der Waals surface area contributed by atoms with Crippen LogP contribution in [-0.4, -0.2) is 6.54 Å². The maximum Gasteiger partial charge on any atom is 0.150 e. The highest BCUT2D eigenvalue weighted by atomic mass is 19.1. The van der Waals surface area contributed by atoms with E-state index in [1.165, 1.54) is 0 Å². The molecule has 0 spiro atoms. The summed E-state index contributed by atoms with van der Waals surface area (Å²) in [6.07, 6.45) is 0. The Morgan fingerprint density at radius 3 is 2.30 bits per heavy atom. The van der Waals surface area contributed by atoms with Gasteiger partial charge in [0, 0.05) is 12.6 Å². The molecule has 102 valence electrons. The largest absolute Gasteiger partial charge is 0.378 e. The number of nitrogens with two attached hydrogens (primary N) is 1. The molecule has 2 aromatic carbocycles. The van der Waals surface area contributed by atoms with E-state index in [-0.39, 0.29) is 23.8 Å². The molecule has 0 radical (unpaired) electrons. The number of anilines is 1. The maximum atomic E-state index is 13.7. The molecule has 0 aliphatic rings. The molecular weight excluding hydrogens is 260 g/mol. The quantitative estimate of drug-likeness (QED) is 0.900. The van der Waals surface area contributed by atoms with Crippen LogP contribution in [0.3, 0.4) is 0 Å². The Morgan fingerprint density at radius 2 is 1.75 bits per heavy atom. The lowest BCUT2D eigenvalue weighted by Crippen LogP contribution is -2.21. The van der Waals surface area contributed by atoms with Gasteiger partial charge in [0.25, 0.3) is 0 Å². The lowest BCUT2D eigenvalue weighted by Gasteiger charge is -2.15. The van der Waals surface area contributed by atoms with Crippen LogP contribution in [0.25, 0.3) is 0 Å². The van der Waals surface area contributed by atoms with Crippen molar-refractivity contribution in [1.82, 2.24) is 0 Å². The highest BCUT2D eigenvalue weighted by Crippen LogP contribution is 2.21. The van der Waals surface area contributed by atoms with Crippen LogP contribution < -0.4 is 11.1 Å². The lowest BCUT2D eigenvalue weighted by molar-refractivity contribution is 0.585. The van der Waals surface area contributed by atoms with E-state index in [0.717, 1.165) is 17.7 Å². The van der Waals surface area contributed by atoms with Crippen LogP contribution in [0.4, 0.5) is 14.5 Å². The van der Waals surface area contributed by atoms with Crippen LogP contribution in [0.2, 0.25) is 0 Å². The van der Waals surface area contributed by atoms with Crippen LogP contribution in [0.1, 0.15) is 17.2 Å². The van der Waals surface area contributed by atoms with E-state index < -0.39 is 11.6 Å².